The minimum Gasteiger partial charge on any atom is -0.468 e. The molecule has 0 aliphatic heterocycles. The molecule has 4 heteroatoms. The summed E-state index contributed by atoms with van der Waals surface area (Å²) in [5, 5.41) is 1.92. The molecule has 0 N–H and O–H groups in total. The van der Waals surface area contributed by atoms with Gasteiger partial charge in [0.15, 0.2) is 5.78 Å². The smallest absolute Gasteiger partial charge is 0.186 e. The topological polar surface area (TPSA) is 33.5 Å². The van der Waals surface area contributed by atoms with Crippen molar-refractivity contribution in [3.63, 3.8) is 0 Å². The van der Waals surface area contributed by atoms with Crippen LogP contribution in [0.3, 0.4) is 0 Å². The summed E-state index contributed by atoms with van der Waals surface area (Å²) in [6.45, 7) is 1.07. The molecule has 3 nitrogen and oxygen atoms in total. The fraction of sp³-hybridized carbons (Fsp3) is 0.250. The maximum absolute atomic E-state index is 11.8. The Bertz CT molecular complexity index is 434. The molecule has 2 aromatic heterocycles. The zero-order valence-electron chi connectivity index (χ0n) is 9.05. The first kappa shape index (κ1) is 11.1. The number of carbonyl (C=O) groups excluding carboxylic acids is 1. The number of likely N-dealkylation sites (N-methyl/N-ethyl adjacent to an activating group) is 1. The molecule has 0 saturated heterocycles. The predicted molar refractivity (Wildman–Crippen MR) is 63.7 cm³/mol. The van der Waals surface area contributed by atoms with Gasteiger partial charge in [0.2, 0.25) is 0 Å². The van der Waals surface area contributed by atoms with Gasteiger partial charge in [0, 0.05) is 0 Å². The van der Waals surface area contributed by atoms with Crippen molar-refractivity contribution >= 4 is 17.1 Å². The van der Waals surface area contributed by atoms with Gasteiger partial charge in [-0.15, -0.1) is 11.3 Å². The molecule has 0 radical (unpaired) electrons. The highest BCUT2D eigenvalue weighted by Gasteiger charge is 2.11. The van der Waals surface area contributed by atoms with E-state index in [0.717, 1.165) is 10.6 Å². The van der Waals surface area contributed by atoms with Crippen LogP contribution in [0.25, 0.3) is 0 Å². The standard InChI is InChI=1S/C12H13NO2S/c1-13(8-10-4-2-6-15-10)9-11(14)12-5-3-7-16-12/h2-7H,8-9H2,1H3. The Kier molecular flexibility index (Phi) is 3.54. The van der Waals surface area contributed by atoms with E-state index in [0.29, 0.717) is 13.1 Å². The van der Waals surface area contributed by atoms with Crippen molar-refractivity contribution in [1.82, 2.24) is 4.90 Å². The number of hydrogen-bond acceptors (Lipinski definition) is 4. The Morgan fingerprint density at radius 1 is 1.44 bits per heavy atom. The van der Waals surface area contributed by atoms with E-state index in [2.05, 4.69) is 0 Å². The van der Waals surface area contributed by atoms with E-state index < -0.39 is 0 Å². The maximum atomic E-state index is 11.8. The first-order valence-electron chi connectivity index (χ1n) is 5.03. The largest absolute Gasteiger partial charge is 0.468 e. The summed E-state index contributed by atoms with van der Waals surface area (Å²) in [7, 11) is 1.91. The van der Waals surface area contributed by atoms with Gasteiger partial charge in [-0.2, -0.15) is 0 Å². The van der Waals surface area contributed by atoms with Gasteiger partial charge >= 0.3 is 0 Å². The summed E-state index contributed by atoms with van der Waals surface area (Å²) in [5.41, 5.74) is 0. The van der Waals surface area contributed by atoms with Gasteiger partial charge in [-0.3, -0.25) is 9.69 Å². The summed E-state index contributed by atoms with van der Waals surface area (Å²) in [6.07, 6.45) is 1.64. The Morgan fingerprint density at radius 2 is 2.31 bits per heavy atom. The molecule has 0 fully saturated rings. The second kappa shape index (κ2) is 5.09. The van der Waals surface area contributed by atoms with E-state index in [1.165, 1.54) is 11.3 Å². The van der Waals surface area contributed by atoms with E-state index in [1.54, 1.807) is 6.26 Å². The van der Waals surface area contributed by atoms with Gasteiger partial charge in [0.1, 0.15) is 5.76 Å². The van der Waals surface area contributed by atoms with E-state index in [-0.39, 0.29) is 5.78 Å². The highest BCUT2D eigenvalue weighted by molar-refractivity contribution is 7.12. The minimum atomic E-state index is 0.157. The zero-order chi connectivity index (χ0) is 11.4. The van der Waals surface area contributed by atoms with Crippen LogP contribution in [-0.4, -0.2) is 24.3 Å². The highest BCUT2D eigenvalue weighted by atomic mass is 32.1. The molecule has 0 amide bonds. The molecular formula is C12H13NO2S. The molecule has 0 unspecified atom stereocenters. The van der Waals surface area contributed by atoms with Crippen molar-refractivity contribution in [2.24, 2.45) is 0 Å². The monoisotopic (exact) mass is 235 g/mol. The van der Waals surface area contributed by atoms with Gasteiger partial charge in [0.25, 0.3) is 0 Å². The number of rotatable bonds is 5. The van der Waals surface area contributed by atoms with Gasteiger partial charge in [-0.05, 0) is 30.6 Å². The van der Waals surface area contributed by atoms with Gasteiger partial charge in [-0.25, -0.2) is 0 Å². The molecule has 0 aromatic carbocycles. The molecular weight excluding hydrogens is 222 g/mol. The summed E-state index contributed by atoms with van der Waals surface area (Å²) in [5.74, 6) is 1.03. The molecule has 0 bridgehead atoms. The number of nitrogens with zero attached hydrogens (tertiary/aromatic N) is 1. The van der Waals surface area contributed by atoms with Crippen molar-refractivity contribution in [3.05, 3.63) is 46.5 Å². The molecule has 0 saturated carbocycles. The third-order valence-electron chi connectivity index (χ3n) is 2.22. The average Bonchev–Trinajstić information content (AvgIpc) is 2.88. The maximum Gasteiger partial charge on any atom is 0.186 e. The molecule has 0 spiro atoms. The van der Waals surface area contributed by atoms with Crippen LogP contribution in [0.2, 0.25) is 0 Å². The first-order valence-corrected chi connectivity index (χ1v) is 5.91. The van der Waals surface area contributed by atoms with Crippen LogP contribution in [0, 0.1) is 0 Å². The van der Waals surface area contributed by atoms with E-state index in [1.807, 2.05) is 41.6 Å². The molecule has 2 rings (SSSR count). The van der Waals surface area contributed by atoms with Crippen molar-refractivity contribution < 1.29 is 9.21 Å². The van der Waals surface area contributed by atoms with Gasteiger partial charge in [0.05, 0.1) is 24.2 Å². The fourth-order valence-electron chi connectivity index (χ4n) is 1.48. The third kappa shape index (κ3) is 2.81. The number of furan rings is 1. The average molecular weight is 235 g/mol. The predicted octanol–water partition coefficient (Wildman–Crippen LogP) is 2.66. The van der Waals surface area contributed by atoms with Gasteiger partial charge < -0.3 is 4.42 Å². The Labute approximate surface area is 98.3 Å². The molecule has 0 atom stereocenters. The lowest BCUT2D eigenvalue weighted by atomic mass is 10.3. The van der Waals surface area contributed by atoms with E-state index in [9.17, 15) is 4.79 Å². The number of ketones is 1. The van der Waals surface area contributed by atoms with Crippen molar-refractivity contribution in [2.75, 3.05) is 13.6 Å². The van der Waals surface area contributed by atoms with Crippen LogP contribution < -0.4 is 0 Å². The number of Topliss-reactive ketones (excluding diaryl/α,β-unsaturated/α-hetero) is 1. The first-order chi connectivity index (χ1) is 7.75. The number of hydrogen-bond donors (Lipinski definition) is 0. The second-order valence-corrected chi connectivity index (χ2v) is 4.60. The second-order valence-electron chi connectivity index (χ2n) is 3.65. The minimum absolute atomic E-state index is 0.157. The molecule has 2 heterocycles. The molecule has 0 aliphatic rings. The molecule has 84 valence electrons. The van der Waals surface area contributed by atoms with Crippen molar-refractivity contribution in [2.45, 2.75) is 6.54 Å². The van der Waals surface area contributed by atoms with Crippen LogP contribution in [0.4, 0.5) is 0 Å². The highest BCUT2D eigenvalue weighted by Crippen LogP contribution is 2.11. The normalized spacial score (nSPS) is 10.9. The number of thiophene rings is 1. The lowest BCUT2D eigenvalue weighted by Crippen LogP contribution is -2.24. The summed E-state index contributed by atoms with van der Waals surface area (Å²) < 4.78 is 5.23. The van der Waals surface area contributed by atoms with Gasteiger partial charge in [-0.1, -0.05) is 6.07 Å². The van der Waals surface area contributed by atoms with Crippen LogP contribution in [-0.2, 0) is 6.54 Å². The van der Waals surface area contributed by atoms with E-state index in [4.69, 9.17) is 4.42 Å². The van der Waals surface area contributed by atoms with Crippen LogP contribution in [0.5, 0.6) is 0 Å². The molecule has 16 heavy (non-hydrogen) atoms. The lowest BCUT2D eigenvalue weighted by Gasteiger charge is -2.13. The Balaban J connectivity index is 1.88. The Morgan fingerprint density at radius 3 is 2.94 bits per heavy atom. The van der Waals surface area contributed by atoms with Crippen LogP contribution in [0.15, 0.2) is 40.3 Å². The lowest BCUT2D eigenvalue weighted by molar-refractivity contribution is 0.0943. The third-order valence-corrected chi connectivity index (χ3v) is 3.13. The van der Waals surface area contributed by atoms with E-state index >= 15 is 0 Å². The summed E-state index contributed by atoms with van der Waals surface area (Å²) in [6, 6.07) is 7.51. The zero-order valence-corrected chi connectivity index (χ0v) is 9.87. The van der Waals surface area contributed by atoms with Crippen LogP contribution in [0.1, 0.15) is 15.4 Å². The van der Waals surface area contributed by atoms with Crippen LogP contribution >= 0.6 is 11.3 Å². The Hall–Kier alpha value is -1.39. The van der Waals surface area contributed by atoms with Crippen molar-refractivity contribution in [1.29, 1.82) is 0 Å². The SMILES string of the molecule is CN(CC(=O)c1cccs1)Cc1ccco1. The quantitative estimate of drug-likeness (QED) is 0.747. The fourth-order valence-corrected chi connectivity index (χ4v) is 2.14. The summed E-state index contributed by atoms with van der Waals surface area (Å²) >= 11 is 1.48. The molecule has 2 aromatic rings. The molecule has 0 aliphatic carbocycles. The number of carbonyl (C=O) groups is 1. The van der Waals surface area contributed by atoms with Crippen molar-refractivity contribution in [3.8, 4) is 0 Å². The summed E-state index contributed by atoms with van der Waals surface area (Å²) in [4.78, 5) is 14.5.